The van der Waals surface area contributed by atoms with Gasteiger partial charge in [-0.1, -0.05) is 42.5 Å². The fourth-order valence-corrected chi connectivity index (χ4v) is 2.52. The van der Waals surface area contributed by atoms with Crippen molar-refractivity contribution in [2.75, 3.05) is 26.2 Å². The number of benzene rings is 1. The number of nitrogens with two attached hydrogens (primary N) is 1. The maximum absolute atomic E-state index is 12.1. The summed E-state index contributed by atoms with van der Waals surface area (Å²) in [5, 5.41) is 5.18. The van der Waals surface area contributed by atoms with Crippen LogP contribution in [0.5, 0.6) is 0 Å². The van der Waals surface area contributed by atoms with Crippen molar-refractivity contribution in [2.45, 2.75) is 12.5 Å². The zero-order valence-electron chi connectivity index (χ0n) is 13.4. The molecule has 1 heterocycles. The van der Waals surface area contributed by atoms with Gasteiger partial charge in [0, 0.05) is 19.6 Å². The summed E-state index contributed by atoms with van der Waals surface area (Å²) in [4.78, 5) is 36.6. The molecule has 1 atom stereocenters. The zero-order chi connectivity index (χ0) is 17.4. The summed E-state index contributed by atoms with van der Waals surface area (Å²) in [5.41, 5.74) is 6.08. The van der Waals surface area contributed by atoms with Crippen molar-refractivity contribution < 1.29 is 14.4 Å². The van der Waals surface area contributed by atoms with Gasteiger partial charge in [0.1, 0.15) is 0 Å². The van der Waals surface area contributed by atoms with E-state index in [0.717, 1.165) is 5.56 Å². The van der Waals surface area contributed by atoms with E-state index in [1.165, 1.54) is 0 Å². The number of carbonyl (C=O) groups excluding carboxylic acids is 3. The second kappa shape index (κ2) is 8.83. The second-order valence-corrected chi connectivity index (χ2v) is 5.56. The molecule has 1 aliphatic heterocycles. The Morgan fingerprint density at radius 3 is 2.79 bits per heavy atom. The van der Waals surface area contributed by atoms with Gasteiger partial charge in [0.25, 0.3) is 0 Å². The molecule has 1 fully saturated rings. The number of primary amides is 1. The van der Waals surface area contributed by atoms with Crippen molar-refractivity contribution in [1.29, 1.82) is 0 Å². The van der Waals surface area contributed by atoms with Crippen LogP contribution >= 0.6 is 0 Å². The summed E-state index contributed by atoms with van der Waals surface area (Å²) in [6.45, 7) is 1.56. The lowest BCUT2D eigenvalue weighted by molar-refractivity contribution is -0.133. The standard InChI is InChI=1S/C17H22N4O3/c18-15(22)12-20-16(23)11-14-17(24)19-8-10-21(14)9-4-7-13-5-2-1-3-6-13/h1-7,14H,8-12H2,(H2,18,22)(H,19,24)(H,20,23)/b7-4+/t14-/m0/s1. The van der Waals surface area contributed by atoms with Crippen LogP contribution in [0.2, 0.25) is 0 Å². The lowest BCUT2D eigenvalue weighted by Gasteiger charge is -2.33. The van der Waals surface area contributed by atoms with Crippen molar-refractivity contribution in [3.8, 4) is 0 Å². The molecule has 1 saturated heterocycles. The number of nitrogens with zero attached hydrogens (tertiary/aromatic N) is 1. The highest BCUT2D eigenvalue weighted by Gasteiger charge is 2.30. The average Bonchev–Trinajstić information content (AvgIpc) is 2.57. The van der Waals surface area contributed by atoms with Crippen molar-refractivity contribution in [3.63, 3.8) is 0 Å². The Morgan fingerprint density at radius 1 is 1.33 bits per heavy atom. The Hall–Kier alpha value is -2.67. The van der Waals surface area contributed by atoms with Crippen LogP contribution in [0.3, 0.4) is 0 Å². The third-order valence-corrected chi connectivity index (χ3v) is 3.73. The fraction of sp³-hybridized carbons (Fsp3) is 0.353. The van der Waals surface area contributed by atoms with Crippen LogP contribution in [-0.2, 0) is 14.4 Å². The molecule has 0 saturated carbocycles. The maximum Gasteiger partial charge on any atom is 0.237 e. The van der Waals surface area contributed by atoms with E-state index in [1.807, 2.05) is 47.4 Å². The zero-order valence-corrected chi connectivity index (χ0v) is 13.4. The summed E-state index contributed by atoms with van der Waals surface area (Å²) in [5.74, 6) is -1.16. The average molecular weight is 330 g/mol. The van der Waals surface area contributed by atoms with E-state index >= 15 is 0 Å². The van der Waals surface area contributed by atoms with E-state index in [1.54, 1.807) is 0 Å². The van der Waals surface area contributed by atoms with Crippen LogP contribution in [0.25, 0.3) is 6.08 Å². The highest BCUT2D eigenvalue weighted by Crippen LogP contribution is 2.10. The van der Waals surface area contributed by atoms with E-state index in [-0.39, 0.29) is 24.8 Å². The number of piperazine rings is 1. The van der Waals surface area contributed by atoms with Crippen LogP contribution in [0.4, 0.5) is 0 Å². The van der Waals surface area contributed by atoms with Gasteiger partial charge in [0.15, 0.2) is 0 Å². The van der Waals surface area contributed by atoms with Crippen LogP contribution in [0.1, 0.15) is 12.0 Å². The van der Waals surface area contributed by atoms with Crippen molar-refractivity contribution in [1.82, 2.24) is 15.5 Å². The third-order valence-electron chi connectivity index (χ3n) is 3.73. The molecule has 1 aliphatic rings. The number of rotatable bonds is 7. The number of nitrogens with one attached hydrogen (secondary N) is 2. The fourth-order valence-electron chi connectivity index (χ4n) is 2.52. The second-order valence-electron chi connectivity index (χ2n) is 5.56. The smallest absolute Gasteiger partial charge is 0.237 e. The summed E-state index contributed by atoms with van der Waals surface area (Å²) in [6.07, 6.45) is 3.96. The maximum atomic E-state index is 12.1. The molecule has 0 unspecified atom stereocenters. The molecule has 1 aromatic carbocycles. The molecule has 7 nitrogen and oxygen atoms in total. The molecule has 128 valence electrons. The van der Waals surface area contributed by atoms with Crippen molar-refractivity contribution in [2.24, 2.45) is 5.73 Å². The van der Waals surface area contributed by atoms with Gasteiger partial charge in [-0.15, -0.1) is 0 Å². The number of hydrogen-bond donors (Lipinski definition) is 3. The lowest BCUT2D eigenvalue weighted by Crippen LogP contribution is -2.56. The Morgan fingerprint density at radius 2 is 2.08 bits per heavy atom. The van der Waals surface area contributed by atoms with Gasteiger partial charge in [-0.2, -0.15) is 0 Å². The Kier molecular flexibility index (Phi) is 6.51. The minimum absolute atomic E-state index is 0.00170. The molecular weight excluding hydrogens is 308 g/mol. The molecule has 4 N–H and O–H groups in total. The monoisotopic (exact) mass is 330 g/mol. The minimum Gasteiger partial charge on any atom is -0.368 e. The Bertz CT molecular complexity index is 616. The molecule has 0 bridgehead atoms. The van der Waals surface area contributed by atoms with E-state index in [4.69, 9.17) is 5.73 Å². The van der Waals surface area contributed by atoms with Crippen LogP contribution in [-0.4, -0.2) is 54.8 Å². The molecule has 24 heavy (non-hydrogen) atoms. The quantitative estimate of drug-likeness (QED) is 0.626. The molecule has 2 rings (SSSR count). The topological polar surface area (TPSA) is 105 Å². The summed E-state index contributed by atoms with van der Waals surface area (Å²) >= 11 is 0. The first-order valence-corrected chi connectivity index (χ1v) is 7.84. The van der Waals surface area contributed by atoms with E-state index < -0.39 is 11.9 Å². The van der Waals surface area contributed by atoms with Crippen LogP contribution < -0.4 is 16.4 Å². The molecule has 0 radical (unpaired) electrons. The third kappa shape index (κ3) is 5.51. The molecule has 3 amide bonds. The molecule has 0 aliphatic carbocycles. The Labute approximate surface area is 140 Å². The number of hydrogen-bond acceptors (Lipinski definition) is 4. The lowest BCUT2D eigenvalue weighted by atomic mass is 10.1. The number of amides is 3. The van der Waals surface area contributed by atoms with Gasteiger partial charge in [-0.25, -0.2) is 0 Å². The van der Waals surface area contributed by atoms with E-state index in [9.17, 15) is 14.4 Å². The minimum atomic E-state index is -0.612. The van der Waals surface area contributed by atoms with Gasteiger partial charge in [0.2, 0.25) is 17.7 Å². The molecule has 0 spiro atoms. The largest absolute Gasteiger partial charge is 0.368 e. The highest BCUT2D eigenvalue weighted by atomic mass is 16.2. The summed E-state index contributed by atoms with van der Waals surface area (Å²) in [7, 11) is 0. The van der Waals surface area contributed by atoms with E-state index in [2.05, 4.69) is 10.6 Å². The van der Waals surface area contributed by atoms with E-state index in [0.29, 0.717) is 19.6 Å². The van der Waals surface area contributed by atoms with Crippen molar-refractivity contribution in [3.05, 3.63) is 42.0 Å². The van der Waals surface area contributed by atoms with Crippen LogP contribution in [0.15, 0.2) is 36.4 Å². The first-order valence-electron chi connectivity index (χ1n) is 7.84. The predicted molar refractivity (Wildman–Crippen MR) is 90.7 cm³/mol. The van der Waals surface area contributed by atoms with Gasteiger partial charge >= 0.3 is 0 Å². The first kappa shape index (κ1) is 17.7. The van der Waals surface area contributed by atoms with Crippen molar-refractivity contribution >= 4 is 23.8 Å². The van der Waals surface area contributed by atoms with Crippen LogP contribution in [0, 0.1) is 0 Å². The normalized spacial score (nSPS) is 18.3. The Balaban J connectivity index is 1.93. The van der Waals surface area contributed by atoms with Gasteiger partial charge in [-0.05, 0) is 5.56 Å². The van der Waals surface area contributed by atoms with Gasteiger partial charge in [0.05, 0.1) is 19.0 Å². The van der Waals surface area contributed by atoms with Gasteiger partial charge < -0.3 is 16.4 Å². The predicted octanol–water partition coefficient (Wildman–Crippen LogP) is -0.508. The highest BCUT2D eigenvalue weighted by molar-refractivity contribution is 5.90. The molecular formula is C17H22N4O3. The molecule has 1 aromatic rings. The summed E-state index contributed by atoms with van der Waals surface area (Å²) < 4.78 is 0. The van der Waals surface area contributed by atoms with Gasteiger partial charge in [-0.3, -0.25) is 19.3 Å². The molecule has 7 heteroatoms. The summed E-state index contributed by atoms with van der Waals surface area (Å²) in [6, 6.07) is 9.31. The number of carbonyl (C=O) groups is 3. The first-order chi connectivity index (χ1) is 11.6. The molecule has 0 aromatic heterocycles. The SMILES string of the molecule is NC(=O)CNC(=O)C[C@H]1C(=O)NCCN1C/C=C/c1ccccc1.